The van der Waals surface area contributed by atoms with Gasteiger partial charge >= 0.3 is 0 Å². The average molecular weight is 195 g/mol. The zero-order valence-electron chi connectivity index (χ0n) is 7.93. The third-order valence-corrected chi connectivity index (χ3v) is 1.93. The largest absolute Gasteiger partial charge is 0.356 e. The van der Waals surface area contributed by atoms with E-state index in [0.717, 1.165) is 0 Å². The molecule has 14 heavy (non-hydrogen) atoms. The Hall–Kier alpha value is -1.56. The number of rotatable bonds is 2. The first-order valence-corrected chi connectivity index (χ1v) is 4.13. The van der Waals surface area contributed by atoms with E-state index in [4.69, 9.17) is 6.42 Å². The van der Waals surface area contributed by atoms with E-state index in [-0.39, 0.29) is 6.42 Å². The monoisotopic (exact) mass is 195 g/mol. The Bertz CT molecular complexity index is 345. The molecule has 0 aromatic carbocycles. The molecule has 0 saturated carbocycles. The van der Waals surface area contributed by atoms with Crippen LogP contribution in [0.3, 0.4) is 0 Å². The van der Waals surface area contributed by atoms with Crippen molar-refractivity contribution in [1.29, 1.82) is 0 Å². The Morgan fingerprint density at radius 1 is 1.57 bits per heavy atom. The van der Waals surface area contributed by atoms with E-state index in [1.54, 1.807) is 24.3 Å². The van der Waals surface area contributed by atoms with Crippen LogP contribution in [0.4, 0.5) is 8.78 Å². The van der Waals surface area contributed by atoms with Crippen molar-refractivity contribution >= 4 is 0 Å². The van der Waals surface area contributed by atoms with Crippen molar-refractivity contribution < 1.29 is 8.78 Å². The molecule has 0 radical (unpaired) electrons. The first-order chi connectivity index (χ1) is 6.54. The van der Waals surface area contributed by atoms with Crippen molar-refractivity contribution in [3.05, 3.63) is 35.7 Å². The highest BCUT2D eigenvalue weighted by atomic mass is 19.3. The van der Waals surface area contributed by atoms with Crippen molar-refractivity contribution in [2.75, 3.05) is 7.05 Å². The fourth-order valence-electron chi connectivity index (χ4n) is 1.28. The Morgan fingerprint density at radius 2 is 2.21 bits per heavy atom. The van der Waals surface area contributed by atoms with Gasteiger partial charge in [-0.05, 0) is 11.1 Å². The summed E-state index contributed by atoms with van der Waals surface area (Å²) in [6.07, 6.45) is 5.87. The molecule has 0 aliphatic carbocycles. The molecule has 0 unspecified atom stereocenters. The van der Waals surface area contributed by atoms with Gasteiger partial charge in [-0.1, -0.05) is 12.5 Å². The Morgan fingerprint density at radius 3 is 2.71 bits per heavy atom. The second kappa shape index (κ2) is 4.10. The van der Waals surface area contributed by atoms with Gasteiger partial charge in [0.25, 0.3) is 0 Å². The number of terminal acetylenes is 1. The molecule has 0 saturated heterocycles. The zero-order valence-corrected chi connectivity index (χ0v) is 7.93. The molecule has 1 aliphatic heterocycles. The maximum absolute atomic E-state index is 12.2. The van der Waals surface area contributed by atoms with Crippen molar-refractivity contribution in [3.8, 4) is 12.3 Å². The molecule has 0 atom stereocenters. The molecule has 0 N–H and O–H groups in total. The van der Waals surface area contributed by atoms with E-state index in [0.29, 0.717) is 16.7 Å². The molecule has 0 bridgehead atoms. The molecule has 74 valence electrons. The van der Waals surface area contributed by atoms with Crippen LogP contribution in [0.1, 0.15) is 6.42 Å². The molecular weight excluding hydrogens is 184 g/mol. The van der Waals surface area contributed by atoms with Crippen LogP contribution in [0.15, 0.2) is 35.7 Å². The fraction of sp³-hybridized carbons (Fsp3) is 0.273. The molecule has 1 nitrogen and oxygen atoms in total. The van der Waals surface area contributed by atoms with Crippen molar-refractivity contribution in [2.45, 2.75) is 12.8 Å². The van der Waals surface area contributed by atoms with Gasteiger partial charge in [0.15, 0.2) is 0 Å². The maximum Gasteiger partial charge on any atom is 0.242 e. The second-order valence-corrected chi connectivity index (χ2v) is 3.08. The third-order valence-electron chi connectivity index (χ3n) is 1.93. The lowest BCUT2D eigenvalue weighted by atomic mass is 9.96. The Labute approximate surface area is 82.4 Å². The van der Waals surface area contributed by atoms with Gasteiger partial charge < -0.3 is 4.90 Å². The van der Waals surface area contributed by atoms with Crippen molar-refractivity contribution in [2.24, 2.45) is 0 Å². The summed E-state index contributed by atoms with van der Waals surface area (Å²) >= 11 is 0. The summed E-state index contributed by atoms with van der Waals surface area (Å²) in [4.78, 5) is 1.67. The molecule has 3 heteroatoms. The quantitative estimate of drug-likeness (QED) is 0.612. The van der Waals surface area contributed by atoms with Gasteiger partial charge in [-0.15, -0.1) is 6.42 Å². The van der Waals surface area contributed by atoms with Gasteiger partial charge in [-0.25, -0.2) is 8.78 Å². The Kier molecular flexibility index (Phi) is 3.08. The van der Waals surface area contributed by atoms with Crippen LogP contribution in [0, 0.1) is 12.3 Å². The third kappa shape index (κ3) is 2.23. The standard InChI is InChI=1S/C11H11F2N/c1-4-9-6-14(3)7-10(8(9)2)5-11(12)13/h1,6-7,11H,2,5H2,3H3. The number of nitrogens with zero attached hydrogens (tertiary/aromatic N) is 1. The molecule has 0 spiro atoms. The minimum Gasteiger partial charge on any atom is -0.356 e. The smallest absolute Gasteiger partial charge is 0.242 e. The summed E-state index contributed by atoms with van der Waals surface area (Å²) in [5.74, 6) is 2.42. The van der Waals surface area contributed by atoms with Crippen LogP contribution in [0.2, 0.25) is 0 Å². The summed E-state index contributed by atoms with van der Waals surface area (Å²) in [6, 6.07) is 0. The van der Waals surface area contributed by atoms with Gasteiger partial charge in [-0.2, -0.15) is 0 Å². The molecule has 0 aromatic heterocycles. The summed E-state index contributed by atoms with van der Waals surface area (Å²) in [5, 5.41) is 0. The molecular formula is C11H11F2N. The predicted octanol–water partition coefficient (Wildman–Crippen LogP) is 2.54. The highest BCUT2D eigenvalue weighted by molar-refractivity contribution is 5.55. The number of hydrogen-bond donors (Lipinski definition) is 0. The van der Waals surface area contributed by atoms with Crippen LogP contribution in [-0.4, -0.2) is 18.4 Å². The van der Waals surface area contributed by atoms with E-state index in [1.165, 1.54) is 0 Å². The van der Waals surface area contributed by atoms with Crippen LogP contribution >= 0.6 is 0 Å². The minimum atomic E-state index is -2.37. The predicted molar refractivity (Wildman–Crippen MR) is 52.5 cm³/mol. The zero-order chi connectivity index (χ0) is 10.7. The van der Waals surface area contributed by atoms with Gasteiger partial charge in [0.05, 0.1) is 0 Å². The minimum absolute atomic E-state index is 0.303. The van der Waals surface area contributed by atoms with E-state index in [9.17, 15) is 8.78 Å². The highest BCUT2D eigenvalue weighted by Crippen LogP contribution is 2.27. The Balaban J connectivity index is 2.89. The van der Waals surface area contributed by atoms with Crippen LogP contribution in [-0.2, 0) is 0 Å². The second-order valence-electron chi connectivity index (χ2n) is 3.08. The summed E-state index contributed by atoms with van der Waals surface area (Å²) in [7, 11) is 1.75. The van der Waals surface area contributed by atoms with Crippen molar-refractivity contribution in [3.63, 3.8) is 0 Å². The molecule has 0 aromatic rings. The van der Waals surface area contributed by atoms with E-state index in [2.05, 4.69) is 12.5 Å². The van der Waals surface area contributed by atoms with Crippen molar-refractivity contribution in [1.82, 2.24) is 4.90 Å². The first-order valence-electron chi connectivity index (χ1n) is 4.13. The average Bonchev–Trinajstić information content (AvgIpc) is 2.09. The summed E-state index contributed by atoms with van der Waals surface area (Å²) < 4.78 is 24.4. The van der Waals surface area contributed by atoms with E-state index >= 15 is 0 Å². The molecule has 0 fully saturated rings. The molecule has 0 amide bonds. The lowest BCUT2D eigenvalue weighted by Gasteiger charge is -2.21. The molecule has 1 aliphatic rings. The maximum atomic E-state index is 12.2. The van der Waals surface area contributed by atoms with Crippen LogP contribution < -0.4 is 0 Å². The van der Waals surface area contributed by atoms with Gasteiger partial charge in [0.1, 0.15) is 0 Å². The number of allylic oxidation sites excluding steroid dienone is 3. The number of hydrogen-bond acceptors (Lipinski definition) is 1. The van der Waals surface area contributed by atoms with Crippen LogP contribution in [0.5, 0.6) is 0 Å². The number of alkyl halides is 2. The van der Waals surface area contributed by atoms with E-state index in [1.807, 2.05) is 0 Å². The molecule has 1 heterocycles. The lowest BCUT2D eigenvalue weighted by molar-refractivity contribution is 0.149. The lowest BCUT2D eigenvalue weighted by Crippen LogP contribution is -2.12. The summed E-state index contributed by atoms with van der Waals surface area (Å²) in [5.41, 5.74) is 1.58. The topological polar surface area (TPSA) is 3.24 Å². The van der Waals surface area contributed by atoms with E-state index < -0.39 is 6.43 Å². The van der Waals surface area contributed by atoms with Crippen LogP contribution in [0.25, 0.3) is 0 Å². The van der Waals surface area contributed by atoms with Gasteiger partial charge in [0.2, 0.25) is 6.43 Å². The van der Waals surface area contributed by atoms with Gasteiger partial charge in [-0.3, -0.25) is 0 Å². The first kappa shape index (κ1) is 10.5. The highest BCUT2D eigenvalue weighted by Gasteiger charge is 2.16. The normalized spacial score (nSPS) is 16.5. The molecule has 1 rings (SSSR count). The van der Waals surface area contributed by atoms with Gasteiger partial charge in [0, 0.05) is 31.4 Å². The SMILES string of the molecule is C#CC1=CN(C)C=C(CC(F)F)C1=C. The summed E-state index contributed by atoms with van der Waals surface area (Å²) in [6.45, 7) is 3.70. The number of halogens is 2. The fourth-order valence-corrected chi connectivity index (χ4v) is 1.28.